The molecule has 0 spiro atoms. The molecule has 10 heteroatoms. The second kappa shape index (κ2) is 8.34. The van der Waals surface area contributed by atoms with Crippen LogP contribution in [0.5, 0.6) is 0 Å². The summed E-state index contributed by atoms with van der Waals surface area (Å²) in [6.45, 7) is 0.102. The van der Waals surface area contributed by atoms with Crippen LogP contribution in [0, 0.1) is 28.8 Å². The van der Waals surface area contributed by atoms with Crippen LogP contribution in [0.4, 0.5) is 13.2 Å². The molecule has 31 heavy (non-hydrogen) atoms. The van der Waals surface area contributed by atoms with Gasteiger partial charge in [-0.1, -0.05) is 17.7 Å². The van der Waals surface area contributed by atoms with Crippen molar-refractivity contribution in [3.63, 3.8) is 0 Å². The van der Waals surface area contributed by atoms with Crippen LogP contribution in [0.3, 0.4) is 0 Å². The molecule has 0 atom stereocenters. The summed E-state index contributed by atoms with van der Waals surface area (Å²) in [7, 11) is 0. The summed E-state index contributed by atoms with van der Waals surface area (Å²) < 4.78 is 42.1. The van der Waals surface area contributed by atoms with Crippen LogP contribution in [0.2, 0.25) is 5.02 Å². The zero-order chi connectivity index (χ0) is 22.1. The van der Waals surface area contributed by atoms with E-state index in [0.29, 0.717) is 22.5 Å². The van der Waals surface area contributed by atoms with Gasteiger partial charge >= 0.3 is 0 Å². The fourth-order valence-electron chi connectivity index (χ4n) is 3.02. The van der Waals surface area contributed by atoms with Crippen molar-refractivity contribution in [2.45, 2.75) is 6.54 Å². The van der Waals surface area contributed by atoms with Gasteiger partial charge in [-0.2, -0.15) is 5.26 Å². The molecule has 2 aromatic carbocycles. The van der Waals surface area contributed by atoms with Crippen LogP contribution in [0.1, 0.15) is 21.1 Å². The fraction of sp³-hybridized carbons (Fsp3) is 0.0476. The smallest absolute Gasteiger partial charge is 0.251 e. The molecule has 5 nitrogen and oxygen atoms in total. The van der Waals surface area contributed by atoms with Crippen LogP contribution in [-0.2, 0) is 6.54 Å². The number of carbonyl (C=O) groups is 1. The number of benzene rings is 2. The molecule has 2 heterocycles. The minimum Gasteiger partial charge on any atom is -0.346 e. The predicted molar refractivity (Wildman–Crippen MR) is 110 cm³/mol. The first kappa shape index (κ1) is 20.8. The Bertz CT molecular complexity index is 1360. The number of rotatable bonds is 4. The zero-order valence-corrected chi connectivity index (χ0v) is 17.0. The molecule has 0 saturated heterocycles. The van der Waals surface area contributed by atoms with E-state index in [1.165, 1.54) is 35.7 Å². The van der Waals surface area contributed by atoms with Gasteiger partial charge in [0.25, 0.3) is 5.91 Å². The number of fused-ring (bicyclic) bond motifs is 1. The molecule has 0 bridgehead atoms. The second-order valence-corrected chi connectivity index (χ2v) is 7.73. The lowest BCUT2D eigenvalue weighted by Gasteiger charge is -2.11. The number of aromatic nitrogens is 2. The Morgan fingerprint density at radius 2 is 1.90 bits per heavy atom. The second-order valence-electron chi connectivity index (χ2n) is 6.38. The number of hydrogen-bond acceptors (Lipinski definition) is 5. The maximum atomic E-state index is 14.4. The number of nitrogens with zero attached hydrogens (tertiary/aromatic N) is 3. The van der Waals surface area contributed by atoms with Gasteiger partial charge in [-0.05, 0) is 12.1 Å². The molecular formula is C21H10ClF3N4OS. The molecule has 0 aliphatic heterocycles. The molecule has 0 aliphatic rings. The van der Waals surface area contributed by atoms with E-state index in [2.05, 4.69) is 15.3 Å². The molecule has 4 rings (SSSR count). The van der Waals surface area contributed by atoms with E-state index in [1.54, 1.807) is 5.38 Å². The first-order chi connectivity index (χ1) is 14.9. The fourth-order valence-corrected chi connectivity index (χ4v) is 3.89. The molecule has 1 amide bonds. The quantitative estimate of drug-likeness (QED) is 0.454. The summed E-state index contributed by atoms with van der Waals surface area (Å²) in [6, 6.07) is 7.47. The average Bonchev–Trinajstić information content (AvgIpc) is 3.21. The standard InChI is InChI=1S/C21H10ClF3N4OS/c22-15-7-27-20(19-16(24)4-11(23)5-17(19)25)14-3-10(1-2-13(14)15)21(30)28-8-18-29-12(6-26)9-31-18/h1-5,7,9H,8H2,(H,28,30). The normalized spacial score (nSPS) is 10.8. The van der Waals surface area contributed by atoms with Gasteiger partial charge in [0, 0.05) is 40.0 Å². The van der Waals surface area contributed by atoms with Crippen LogP contribution in [-0.4, -0.2) is 15.9 Å². The summed E-state index contributed by atoms with van der Waals surface area (Å²) in [5.41, 5.74) is -0.179. The van der Waals surface area contributed by atoms with E-state index in [0.717, 1.165) is 0 Å². The van der Waals surface area contributed by atoms with Crippen molar-refractivity contribution >= 4 is 39.6 Å². The average molecular weight is 459 g/mol. The van der Waals surface area contributed by atoms with Crippen molar-refractivity contribution in [3.8, 4) is 17.3 Å². The Morgan fingerprint density at radius 1 is 1.16 bits per heavy atom. The highest BCUT2D eigenvalue weighted by atomic mass is 35.5. The van der Waals surface area contributed by atoms with Crippen molar-refractivity contribution in [1.82, 2.24) is 15.3 Å². The van der Waals surface area contributed by atoms with Crippen molar-refractivity contribution in [2.75, 3.05) is 0 Å². The minimum absolute atomic E-state index is 0.102. The largest absolute Gasteiger partial charge is 0.346 e. The maximum Gasteiger partial charge on any atom is 0.251 e. The van der Waals surface area contributed by atoms with Gasteiger partial charge in [0.1, 0.15) is 28.5 Å². The number of pyridine rings is 1. The molecule has 0 radical (unpaired) electrons. The molecule has 0 unspecified atom stereocenters. The lowest BCUT2D eigenvalue weighted by atomic mass is 10.0. The summed E-state index contributed by atoms with van der Waals surface area (Å²) in [5.74, 6) is -3.78. The number of thiazole rings is 1. The Morgan fingerprint density at radius 3 is 2.58 bits per heavy atom. The van der Waals surface area contributed by atoms with Crippen molar-refractivity contribution < 1.29 is 18.0 Å². The molecule has 2 aromatic heterocycles. The third kappa shape index (κ3) is 4.08. The molecular weight excluding hydrogens is 449 g/mol. The molecule has 154 valence electrons. The lowest BCUT2D eigenvalue weighted by molar-refractivity contribution is 0.0951. The highest BCUT2D eigenvalue weighted by Crippen LogP contribution is 2.34. The van der Waals surface area contributed by atoms with Crippen molar-refractivity contribution in [3.05, 3.63) is 80.6 Å². The molecule has 0 fully saturated rings. The van der Waals surface area contributed by atoms with E-state index in [-0.39, 0.29) is 33.9 Å². The maximum absolute atomic E-state index is 14.4. The highest BCUT2D eigenvalue weighted by molar-refractivity contribution is 7.09. The Labute approximate surface area is 182 Å². The van der Waals surface area contributed by atoms with E-state index >= 15 is 0 Å². The summed E-state index contributed by atoms with van der Waals surface area (Å²) in [4.78, 5) is 20.7. The van der Waals surface area contributed by atoms with E-state index in [1.807, 2.05) is 6.07 Å². The Kier molecular flexibility index (Phi) is 5.59. The number of carbonyl (C=O) groups excluding carboxylic acids is 1. The topological polar surface area (TPSA) is 78.7 Å². The van der Waals surface area contributed by atoms with Gasteiger partial charge in [0.15, 0.2) is 5.69 Å². The van der Waals surface area contributed by atoms with Crippen LogP contribution in [0.25, 0.3) is 22.0 Å². The highest BCUT2D eigenvalue weighted by Gasteiger charge is 2.19. The first-order valence-corrected chi connectivity index (χ1v) is 9.99. The summed E-state index contributed by atoms with van der Waals surface area (Å²) in [6.07, 6.45) is 1.23. The number of amides is 1. The lowest BCUT2D eigenvalue weighted by Crippen LogP contribution is -2.22. The van der Waals surface area contributed by atoms with Crippen LogP contribution >= 0.6 is 22.9 Å². The van der Waals surface area contributed by atoms with E-state index in [4.69, 9.17) is 16.9 Å². The third-order valence-electron chi connectivity index (χ3n) is 4.41. The predicted octanol–water partition coefficient (Wildman–Crippen LogP) is 5.23. The number of nitrogens with one attached hydrogen (secondary N) is 1. The summed E-state index contributed by atoms with van der Waals surface area (Å²) in [5, 5.41) is 14.5. The minimum atomic E-state index is -1.12. The Hall–Kier alpha value is -3.48. The molecule has 0 saturated carbocycles. The van der Waals surface area contributed by atoms with Gasteiger partial charge in [-0.3, -0.25) is 9.78 Å². The SMILES string of the molecule is N#Cc1csc(CNC(=O)c2ccc3c(Cl)cnc(-c4c(F)cc(F)cc4F)c3c2)n1. The third-order valence-corrected chi connectivity index (χ3v) is 5.56. The first-order valence-electron chi connectivity index (χ1n) is 8.73. The van der Waals surface area contributed by atoms with Gasteiger partial charge < -0.3 is 5.32 Å². The molecule has 0 aliphatic carbocycles. The molecule has 1 N–H and O–H groups in total. The van der Waals surface area contributed by atoms with Gasteiger partial charge in [0.05, 0.1) is 22.8 Å². The van der Waals surface area contributed by atoms with Gasteiger partial charge in [-0.25, -0.2) is 18.2 Å². The van der Waals surface area contributed by atoms with Crippen molar-refractivity contribution in [2.24, 2.45) is 0 Å². The van der Waals surface area contributed by atoms with E-state index < -0.39 is 28.9 Å². The number of hydrogen-bond donors (Lipinski definition) is 1. The van der Waals surface area contributed by atoms with Gasteiger partial charge in [0.2, 0.25) is 0 Å². The van der Waals surface area contributed by atoms with Crippen molar-refractivity contribution in [1.29, 1.82) is 5.26 Å². The number of nitriles is 1. The van der Waals surface area contributed by atoms with Gasteiger partial charge in [-0.15, -0.1) is 11.3 Å². The van der Waals surface area contributed by atoms with Crippen LogP contribution < -0.4 is 5.32 Å². The Balaban J connectivity index is 1.73. The zero-order valence-electron chi connectivity index (χ0n) is 15.4. The monoisotopic (exact) mass is 458 g/mol. The van der Waals surface area contributed by atoms with Crippen LogP contribution in [0.15, 0.2) is 41.9 Å². The summed E-state index contributed by atoms with van der Waals surface area (Å²) >= 11 is 7.40. The van der Waals surface area contributed by atoms with E-state index in [9.17, 15) is 18.0 Å². The molecule has 4 aromatic rings. The number of halogens is 4.